The van der Waals surface area contributed by atoms with Crippen LogP contribution in [0.15, 0.2) is 46.3 Å². The molecule has 0 aliphatic heterocycles. The molecule has 2 N–H and O–H groups in total. The number of nitrogens with two attached hydrogens (primary N) is 1. The minimum absolute atomic E-state index is 0.0464. The lowest BCUT2D eigenvalue weighted by Gasteiger charge is -2.13. The van der Waals surface area contributed by atoms with E-state index < -0.39 is 0 Å². The number of aromatic nitrogens is 5. The van der Waals surface area contributed by atoms with Crippen LogP contribution in [0.2, 0.25) is 0 Å². The van der Waals surface area contributed by atoms with Crippen LogP contribution in [0.1, 0.15) is 12.7 Å². The minimum Gasteiger partial charge on any atom is -0.368 e. The Balaban J connectivity index is 1.75. The van der Waals surface area contributed by atoms with Gasteiger partial charge in [0.05, 0.1) is 16.7 Å². The van der Waals surface area contributed by atoms with E-state index in [0.29, 0.717) is 40.1 Å². The van der Waals surface area contributed by atoms with E-state index in [-0.39, 0.29) is 11.5 Å². The number of nitrogen functional groups attached to an aromatic ring is 1. The van der Waals surface area contributed by atoms with Crippen LogP contribution in [0.5, 0.6) is 0 Å². The van der Waals surface area contributed by atoms with Gasteiger partial charge in [-0.2, -0.15) is 15.0 Å². The van der Waals surface area contributed by atoms with Crippen LogP contribution in [0.3, 0.4) is 0 Å². The van der Waals surface area contributed by atoms with Gasteiger partial charge in [0.25, 0.3) is 5.56 Å². The second-order valence-electron chi connectivity index (χ2n) is 6.75. The first kappa shape index (κ1) is 19.1. The van der Waals surface area contributed by atoms with Crippen molar-refractivity contribution in [2.24, 2.45) is 0 Å². The third-order valence-corrected chi connectivity index (χ3v) is 5.49. The molecule has 0 amide bonds. The number of hydrogen-bond donors (Lipinski definition) is 1. The van der Waals surface area contributed by atoms with Crippen molar-refractivity contribution in [2.75, 3.05) is 24.7 Å². The van der Waals surface area contributed by atoms with Gasteiger partial charge < -0.3 is 10.6 Å². The zero-order chi connectivity index (χ0) is 20.5. The van der Waals surface area contributed by atoms with Gasteiger partial charge in [0.15, 0.2) is 5.16 Å². The van der Waals surface area contributed by atoms with E-state index in [4.69, 9.17) is 10.7 Å². The summed E-state index contributed by atoms with van der Waals surface area (Å²) in [6.45, 7) is 2.46. The van der Waals surface area contributed by atoms with Crippen LogP contribution >= 0.6 is 11.8 Å². The molecule has 8 nitrogen and oxygen atoms in total. The van der Waals surface area contributed by atoms with Gasteiger partial charge in [-0.25, -0.2) is 4.98 Å². The van der Waals surface area contributed by atoms with Gasteiger partial charge in [0.2, 0.25) is 11.9 Å². The number of thioether (sulfide) groups is 1. The number of nitrogens with zero attached hydrogens (tertiary/aromatic N) is 6. The predicted octanol–water partition coefficient (Wildman–Crippen LogP) is 2.70. The highest BCUT2D eigenvalue weighted by Crippen LogP contribution is 2.24. The maximum Gasteiger partial charge on any atom is 0.262 e. The van der Waals surface area contributed by atoms with Gasteiger partial charge in [-0.05, 0) is 29.8 Å². The molecule has 4 rings (SSSR count). The molecule has 2 heterocycles. The third-order valence-electron chi connectivity index (χ3n) is 4.52. The Bertz CT molecular complexity index is 1270. The van der Waals surface area contributed by atoms with Crippen molar-refractivity contribution in [1.29, 1.82) is 0 Å². The van der Waals surface area contributed by atoms with Gasteiger partial charge in [0, 0.05) is 20.6 Å². The van der Waals surface area contributed by atoms with Gasteiger partial charge in [-0.15, -0.1) is 0 Å². The largest absolute Gasteiger partial charge is 0.368 e. The van der Waals surface area contributed by atoms with Gasteiger partial charge >= 0.3 is 0 Å². The molecule has 0 saturated heterocycles. The maximum atomic E-state index is 13.1. The minimum atomic E-state index is -0.0464. The fourth-order valence-electron chi connectivity index (χ4n) is 3.10. The summed E-state index contributed by atoms with van der Waals surface area (Å²) in [5.41, 5.74) is 6.44. The Hall–Kier alpha value is -3.20. The molecule has 9 heteroatoms. The fourth-order valence-corrected chi connectivity index (χ4v) is 4.01. The van der Waals surface area contributed by atoms with Crippen molar-refractivity contribution in [3.8, 4) is 0 Å². The van der Waals surface area contributed by atoms with E-state index in [1.54, 1.807) is 9.47 Å². The van der Waals surface area contributed by atoms with Gasteiger partial charge in [-0.3, -0.25) is 9.36 Å². The monoisotopic (exact) mass is 407 g/mol. The van der Waals surface area contributed by atoms with Crippen LogP contribution in [0.25, 0.3) is 21.7 Å². The Morgan fingerprint density at radius 3 is 2.48 bits per heavy atom. The van der Waals surface area contributed by atoms with Gasteiger partial charge in [0.1, 0.15) is 5.82 Å². The molecule has 0 spiro atoms. The second-order valence-corrected chi connectivity index (χ2v) is 7.70. The summed E-state index contributed by atoms with van der Waals surface area (Å²) < 4.78 is 1.68. The second kappa shape index (κ2) is 7.67. The number of hydrogen-bond acceptors (Lipinski definition) is 8. The lowest BCUT2D eigenvalue weighted by Crippen LogP contribution is -2.22. The lowest BCUT2D eigenvalue weighted by molar-refractivity contribution is 0.634. The molecule has 0 aliphatic rings. The first-order valence-corrected chi connectivity index (χ1v) is 10.2. The summed E-state index contributed by atoms with van der Waals surface area (Å²) in [7, 11) is 3.69. The first-order chi connectivity index (χ1) is 14.0. The smallest absolute Gasteiger partial charge is 0.262 e. The molecule has 2 aromatic heterocycles. The zero-order valence-electron chi connectivity index (χ0n) is 16.5. The quantitative estimate of drug-likeness (QED) is 0.306. The van der Waals surface area contributed by atoms with E-state index in [2.05, 4.69) is 15.0 Å². The number of anilines is 2. The van der Waals surface area contributed by atoms with Crippen molar-refractivity contribution >= 4 is 45.3 Å². The van der Waals surface area contributed by atoms with E-state index in [0.717, 1.165) is 10.8 Å². The Labute approximate surface area is 171 Å². The van der Waals surface area contributed by atoms with Crippen molar-refractivity contribution in [3.63, 3.8) is 0 Å². The molecular formula is C20H21N7OS. The zero-order valence-corrected chi connectivity index (χ0v) is 17.3. The van der Waals surface area contributed by atoms with Crippen LogP contribution < -0.4 is 16.2 Å². The molecule has 148 valence electrons. The SMILES string of the molecule is CCn1c(SCc2nc(N)nc(N(C)C)n2)nc2cc3ccccc3cc2c1=O. The number of fused-ring (bicyclic) bond motifs is 2. The van der Waals surface area contributed by atoms with Crippen LogP contribution in [-0.4, -0.2) is 38.6 Å². The normalized spacial score (nSPS) is 11.3. The first-order valence-electron chi connectivity index (χ1n) is 9.20. The molecule has 4 aromatic rings. The molecule has 0 aliphatic carbocycles. The standard InChI is InChI=1S/C20H21N7OS/c1-4-27-17(28)14-9-12-7-5-6-8-13(12)10-15(14)22-20(27)29-11-16-23-18(21)25-19(24-16)26(2)3/h5-10H,4,11H2,1-3H3,(H2,21,23,24,25). The van der Waals surface area contributed by atoms with E-state index in [1.165, 1.54) is 11.8 Å². The molecule has 0 bridgehead atoms. The summed E-state index contributed by atoms with van der Waals surface area (Å²) >= 11 is 1.41. The summed E-state index contributed by atoms with van der Waals surface area (Å²) in [4.78, 5) is 32.3. The van der Waals surface area contributed by atoms with E-state index in [1.807, 2.05) is 57.4 Å². The number of rotatable bonds is 5. The molecule has 2 aromatic carbocycles. The molecular weight excluding hydrogens is 386 g/mol. The molecule has 0 atom stereocenters. The van der Waals surface area contributed by atoms with Crippen molar-refractivity contribution < 1.29 is 0 Å². The predicted molar refractivity (Wildman–Crippen MR) is 117 cm³/mol. The summed E-state index contributed by atoms with van der Waals surface area (Å²) in [6, 6.07) is 11.8. The lowest BCUT2D eigenvalue weighted by atomic mass is 10.1. The molecule has 29 heavy (non-hydrogen) atoms. The summed E-state index contributed by atoms with van der Waals surface area (Å²) in [5.74, 6) is 1.64. The van der Waals surface area contributed by atoms with Crippen LogP contribution in [0.4, 0.5) is 11.9 Å². The fraction of sp³-hybridized carbons (Fsp3) is 0.250. The van der Waals surface area contributed by atoms with Crippen molar-refractivity contribution in [3.05, 3.63) is 52.6 Å². The van der Waals surface area contributed by atoms with Crippen molar-refractivity contribution in [2.45, 2.75) is 24.4 Å². The average Bonchev–Trinajstić information content (AvgIpc) is 2.71. The summed E-state index contributed by atoms with van der Waals surface area (Å²) in [6.07, 6.45) is 0. The maximum absolute atomic E-state index is 13.1. The summed E-state index contributed by atoms with van der Waals surface area (Å²) in [5, 5.41) is 3.33. The highest BCUT2D eigenvalue weighted by atomic mass is 32.2. The van der Waals surface area contributed by atoms with E-state index >= 15 is 0 Å². The highest BCUT2D eigenvalue weighted by Gasteiger charge is 2.13. The Morgan fingerprint density at radius 2 is 1.79 bits per heavy atom. The average molecular weight is 408 g/mol. The molecule has 0 unspecified atom stereocenters. The van der Waals surface area contributed by atoms with Crippen LogP contribution in [0, 0.1) is 0 Å². The molecule has 0 radical (unpaired) electrons. The highest BCUT2D eigenvalue weighted by molar-refractivity contribution is 7.98. The van der Waals surface area contributed by atoms with Gasteiger partial charge in [-0.1, -0.05) is 36.0 Å². The van der Waals surface area contributed by atoms with E-state index in [9.17, 15) is 4.79 Å². The van der Waals surface area contributed by atoms with Crippen molar-refractivity contribution in [1.82, 2.24) is 24.5 Å². The Kier molecular flexibility index (Phi) is 5.06. The molecule has 0 fully saturated rings. The topological polar surface area (TPSA) is 103 Å². The number of benzene rings is 2. The molecule has 0 saturated carbocycles. The Morgan fingerprint density at radius 1 is 1.07 bits per heavy atom. The van der Waals surface area contributed by atoms with Crippen LogP contribution in [-0.2, 0) is 12.3 Å². The third kappa shape index (κ3) is 3.73.